The van der Waals surface area contributed by atoms with Gasteiger partial charge in [0.1, 0.15) is 12.7 Å². The van der Waals surface area contributed by atoms with Crippen LogP contribution >= 0.6 is 11.3 Å². The number of rotatable bonds is 3. The molecule has 3 aromatic rings. The predicted molar refractivity (Wildman–Crippen MR) is 120 cm³/mol. The summed E-state index contributed by atoms with van der Waals surface area (Å²) in [5, 5.41) is 10.5. The molecular formula is C24H23N3O4S. The van der Waals surface area contributed by atoms with Gasteiger partial charge in [0.25, 0.3) is 0 Å². The number of aryl methyl sites for hydroxylation is 1. The van der Waals surface area contributed by atoms with Gasteiger partial charge in [-0.05, 0) is 48.6 Å². The molecular weight excluding hydrogens is 426 g/mol. The van der Waals surface area contributed by atoms with E-state index in [4.69, 9.17) is 9.47 Å². The molecule has 0 radical (unpaired) electrons. The van der Waals surface area contributed by atoms with E-state index in [1.54, 1.807) is 16.2 Å². The van der Waals surface area contributed by atoms with Crippen molar-refractivity contribution in [3.63, 3.8) is 0 Å². The number of carbonyl (C=O) groups is 1. The summed E-state index contributed by atoms with van der Waals surface area (Å²) in [6, 6.07) is 10.4. The molecule has 3 aliphatic rings. The first-order chi connectivity index (χ1) is 15.5. The predicted octanol–water partition coefficient (Wildman–Crippen LogP) is 5.13. The zero-order valence-corrected chi connectivity index (χ0v) is 18.5. The Morgan fingerprint density at radius 1 is 1.19 bits per heavy atom. The summed E-state index contributed by atoms with van der Waals surface area (Å²) >= 11 is 1.69. The second-order valence-corrected chi connectivity index (χ2v) is 9.93. The topological polar surface area (TPSA) is 84.8 Å². The van der Waals surface area contributed by atoms with Gasteiger partial charge in [-0.1, -0.05) is 12.1 Å². The number of nitrogens with zero attached hydrogens (tertiary/aromatic N) is 3. The van der Waals surface area contributed by atoms with Crippen LogP contribution in [0.25, 0.3) is 21.6 Å². The normalized spacial score (nSPS) is 23.3. The third-order valence-electron chi connectivity index (χ3n) is 6.70. The Bertz CT molecular complexity index is 1200. The molecule has 0 saturated carbocycles. The SMILES string of the molecule is Cc1ncc(-c2ccc3c(c2)COc2nc(O[C@@H]4C[C@H]5CC[C@@H](C4)N5C(=O)O)ccc2-3)s1. The number of piperidine rings is 1. The minimum absolute atomic E-state index is 0.0186. The Labute approximate surface area is 189 Å². The molecule has 3 atom stereocenters. The van der Waals surface area contributed by atoms with Gasteiger partial charge < -0.3 is 19.5 Å². The number of hydrogen-bond acceptors (Lipinski definition) is 6. The number of hydrogen-bond donors (Lipinski definition) is 1. The summed E-state index contributed by atoms with van der Waals surface area (Å²) in [6.45, 7) is 2.48. The van der Waals surface area contributed by atoms with Crippen LogP contribution < -0.4 is 9.47 Å². The molecule has 1 N–H and O–H groups in total. The van der Waals surface area contributed by atoms with Crippen LogP contribution in [0.2, 0.25) is 0 Å². The largest absolute Gasteiger partial charge is 0.474 e. The maximum absolute atomic E-state index is 11.5. The molecule has 8 heteroatoms. The van der Waals surface area contributed by atoms with E-state index >= 15 is 0 Å². The zero-order valence-electron chi connectivity index (χ0n) is 17.7. The van der Waals surface area contributed by atoms with Gasteiger partial charge in [-0.15, -0.1) is 11.3 Å². The molecule has 3 aliphatic heterocycles. The summed E-state index contributed by atoms with van der Waals surface area (Å²) in [5.74, 6) is 1.12. The molecule has 164 valence electrons. The van der Waals surface area contributed by atoms with Crippen LogP contribution in [0.3, 0.4) is 0 Å². The van der Waals surface area contributed by atoms with Crippen LogP contribution in [-0.4, -0.2) is 44.3 Å². The van der Waals surface area contributed by atoms with Crippen molar-refractivity contribution in [2.24, 2.45) is 0 Å². The highest BCUT2D eigenvalue weighted by Crippen LogP contribution is 2.41. The Kier molecular flexibility index (Phi) is 4.57. The third kappa shape index (κ3) is 3.30. The number of fused-ring (bicyclic) bond motifs is 5. The average Bonchev–Trinajstić information content (AvgIpc) is 3.34. The summed E-state index contributed by atoms with van der Waals surface area (Å²) in [5.41, 5.74) is 4.38. The van der Waals surface area contributed by atoms with Gasteiger partial charge in [0.2, 0.25) is 11.8 Å². The van der Waals surface area contributed by atoms with Gasteiger partial charge in [-0.2, -0.15) is 4.98 Å². The highest BCUT2D eigenvalue weighted by molar-refractivity contribution is 7.15. The van der Waals surface area contributed by atoms with Crippen molar-refractivity contribution in [2.75, 3.05) is 0 Å². The number of carboxylic acid groups (broad SMARTS) is 1. The molecule has 1 amide bonds. The molecule has 2 bridgehead atoms. The standard InChI is InChI=1S/C24H23N3O4S/c1-13-25-11-21(32-13)14-2-5-19-15(8-14)12-30-23-20(19)6-7-22(26-23)31-18-9-16-3-4-17(10-18)27(16)24(28)29/h2,5-8,11,16-18H,3-4,9-10,12H2,1H3,(H,28,29)/t16-,17+,18-. The first kappa shape index (κ1) is 19.5. The summed E-state index contributed by atoms with van der Waals surface area (Å²) in [6.07, 6.45) is 4.33. The van der Waals surface area contributed by atoms with E-state index in [1.165, 1.54) is 0 Å². The van der Waals surface area contributed by atoms with Crippen LogP contribution in [0, 0.1) is 6.92 Å². The van der Waals surface area contributed by atoms with Crippen LogP contribution in [0.15, 0.2) is 36.5 Å². The van der Waals surface area contributed by atoms with Crippen molar-refractivity contribution in [3.8, 4) is 33.3 Å². The number of ether oxygens (including phenoxy) is 2. The molecule has 6 rings (SSSR count). The van der Waals surface area contributed by atoms with Gasteiger partial charge in [0.05, 0.1) is 9.88 Å². The fourth-order valence-corrected chi connectivity index (χ4v) is 6.05. The monoisotopic (exact) mass is 449 g/mol. The summed E-state index contributed by atoms with van der Waals surface area (Å²) in [7, 11) is 0. The van der Waals surface area contributed by atoms with Crippen LogP contribution in [0.1, 0.15) is 36.3 Å². The number of thiazole rings is 1. The van der Waals surface area contributed by atoms with Crippen LogP contribution in [0.4, 0.5) is 4.79 Å². The lowest BCUT2D eigenvalue weighted by molar-refractivity contribution is 0.0474. The second-order valence-electron chi connectivity index (χ2n) is 8.69. The molecule has 2 fully saturated rings. The lowest BCUT2D eigenvalue weighted by atomic mass is 9.96. The highest BCUT2D eigenvalue weighted by Gasteiger charge is 2.44. The molecule has 0 spiro atoms. The molecule has 2 saturated heterocycles. The lowest BCUT2D eigenvalue weighted by Crippen LogP contribution is -2.48. The van der Waals surface area contributed by atoms with E-state index in [1.807, 2.05) is 25.3 Å². The van der Waals surface area contributed by atoms with Gasteiger partial charge in [0.15, 0.2) is 0 Å². The Balaban J connectivity index is 1.21. The van der Waals surface area contributed by atoms with Crippen LogP contribution in [0.5, 0.6) is 11.8 Å². The van der Waals surface area contributed by atoms with Crippen molar-refractivity contribution < 1.29 is 19.4 Å². The molecule has 7 nitrogen and oxygen atoms in total. The first-order valence-corrected chi connectivity index (χ1v) is 11.7. The van der Waals surface area contributed by atoms with Gasteiger partial charge in [-0.3, -0.25) is 0 Å². The van der Waals surface area contributed by atoms with Crippen molar-refractivity contribution >= 4 is 17.4 Å². The number of benzene rings is 1. The van der Waals surface area contributed by atoms with E-state index < -0.39 is 6.09 Å². The minimum atomic E-state index is -0.816. The lowest BCUT2D eigenvalue weighted by Gasteiger charge is -2.36. The van der Waals surface area contributed by atoms with Crippen LogP contribution in [-0.2, 0) is 6.61 Å². The van der Waals surface area contributed by atoms with Crippen molar-refractivity contribution in [3.05, 3.63) is 47.1 Å². The van der Waals surface area contributed by atoms with Gasteiger partial charge in [0, 0.05) is 42.8 Å². The highest BCUT2D eigenvalue weighted by atomic mass is 32.1. The number of pyridine rings is 1. The number of aromatic nitrogens is 2. The maximum atomic E-state index is 11.5. The molecule has 2 aromatic heterocycles. The van der Waals surface area contributed by atoms with E-state index in [0.29, 0.717) is 31.2 Å². The van der Waals surface area contributed by atoms with Gasteiger partial charge in [-0.25, -0.2) is 9.78 Å². The third-order valence-corrected chi connectivity index (χ3v) is 7.66. The Morgan fingerprint density at radius 3 is 2.69 bits per heavy atom. The van der Waals surface area contributed by atoms with E-state index in [2.05, 4.69) is 28.2 Å². The van der Waals surface area contributed by atoms with E-state index in [0.717, 1.165) is 45.0 Å². The molecule has 32 heavy (non-hydrogen) atoms. The first-order valence-electron chi connectivity index (χ1n) is 10.9. The smallest absolute Gasteiger partial charge is 0.407 e. The maximum Gasteiger partial charge on any atom is 0.407 e. The minimum Gasteiger partial charge on any atom is -0.474 e. The Hall–Kier alpha value is -3.13. The number of amides is 1. The average molecular weight is 450 g/mol. The van der Waals surface area contributed by atoms with E-state index in [-0.39, 0.29) is 18.2 Å². The fraction of sp³-hybridized carbons (Fsp3) is 0.375. The second kappa shape index (κ2) is 7.48. The summed E-state index contributed by atoms with van der Waals surface area (Å²) in [4.78, 5) is 23.3. The molecule has 0 unspecified atom stereocenters. The van der Waals surface area contributed by atoms with Gasteiger partial charge >= 0.3 is 6.09 Å². The van der Waals surface area contributed by atoms with Crippen molar-refractivity contribution in [1.82, 2.24) is 14.9 Å². The quantitative estimate of drug-likeness (QED) is 0.597. The molecule has 5 heterocycles. The van der Waals surface area contributed by atoms with Crippen molar-refractivity contribution in [2.45, 2.75) is 57.4 Å². The molecule has 1 aromatic carbocycles. The fourth-order valence-electron chi connectivity index (χ4n) is 5.28. The zero-order chi connectivity index (χ0) is 21.8. The Morgan fingerprint density at radius 2 is 1.97 bits per heavy atom. The molecule has 0 aliphatic carbocycles. The van der Waals surface area contributed by atoms with Crippen molar-refractivity contribution in [1.29, 1.82) is 0 Å². The van der Waals surface area contributed by atoms with E-state index in [9.17, 15) is 9.90 Å². The summed E-state index contributed by atoms with van der Waals surface area (Å²) < 4.78 is 12.2.